The lowest BCUT2D eigenvalue weighted by molar-refractivity contribution is -0.122. The van der Waals surface area contributed by atoms with Crippen LogP contribution in [0.4, 0.5) is 0 Å². The topological polar surface area (TPSA) is 142 Å². The largest absolute Gasteiger partial charge is 0.497 e. The minimum absolute atomic E-state index is 0.0140. The monoisotopic (exact) mass is 389 g/mol. The molecule has 1 aromatic rings. The lowest BCUT2D eigenvalue weighted by Gasteiger charge is -2.17. The van der Waals surface area contributed by atoms with Gasteiger partial charge < -0.3 is 10.1 Å². The normalized spacial score (nSPS) is 12.8. The third-order valence-corrected chi connectivity index (χ3v) is 5.42. The van der Waals surface area contributed by atoms with Gasteiger partial charge >= 0.3 is 0 Å². The molecule has 9 nitrogen and oxygen atoms in total. The summed E-state index contributed by atoms with van der Waals surface area (Å²) in [7, 11) is -6.34. The fraction of sp³-hybridized carbons (Fsp3) is 0.429. The number of nitriles is 1. The van der Waals surface area contributed by atoms with Gasteiger partial charge in [-0.1, -0.05) is 0 Å². The quantitative estimate of drug-likeness (QED) is 0.538. The Balaban J connectivity index is 3.01. The maximum Gasteiger partial charge on any atom is 0.241 e. The minimum atomic E-state index is -4.13. The van der Waals surface area contributed by atoms with Crippen LogP contribution in [0.1, 0.15) is 6.42 Å². The van der Waals surface area contributed by atoms with Crippen LogP contribution in [-0.2, 0) is 24.7 Å². The molecule has 1 amide bonds. The molecule has 0 saturated heterocycles. The number of rotatable bonds is 9. The summed E-state index contributed by atoms with van der Waals surface area (Å²) in [6.07, 6.45) is 0.910. The first-order valence-electron chi connectivity index (χ1n) is 7.08. The molecule has 0 aliphatic heterocycles. The van der Waals surface area contributed by atoms with Crippen molar-refractivity contribution in [2.75, 3.05) is 25.7 Å². The first-order valence-corrected chi connectivity index (χ1v) is 10.6. The molecule has 0 spiro atoms. The van der Waals surface area contributed by atoms with Gasteiger partial charge in [-0.25, -0.2) is 16.8 Å². The highest BCUT2D eigenvalue weighted by Crippen LogP contribution is 2.15. The van der Waals surface area contributed by atoms with E-state index in [4.69, 9.17) is 10.00 Å². The molecule has 0 fully saturated rings. The van der Waals surface area contributed by atoms with Gasteiger partial charge in [-0.2, -0.15) is 9.98 Å². The number of carbonyl (C=O) groups excluding carboxylic acids is 1. The molecule has 1 aromatic carbocycles. The number of hydrogen-bond acceptors (Lipinski definition) is 7. The maximum atomic E-state index is 12.4. The predicted molar refractivity (Wildman–Crippen MR) is 90.1 cm³/mol. The van der Waals surface area contributed by atoms with Gasteiger partial charge in [-0.05, 0) is 24.3 Å². The molecule has 2 N–H and O–H groups in total. The van der Waals surface area contributed by atoms with Crippen molar-refractivity contribution in [3.05, 3.63) is 24.3 Å². The number of sulfonamides is 1. The predicted octanol–water partition coefficient (Wildman–Crippen LogP) is -0.583. The summed E-state index contributed by atoms with van der Waals surface area (Å²) in [6.45, 7) is -0.0140. The highest BCUT2D eigenvalue weighted by Gasteiger charge is 2.28. The fourth-order valence-electron chi connectivity index (χ4n) is 1.84. The van der Waals surface area contributed by atoms with Crippen molar-refractivity contribution in [3.8, 4) is 11.8 Å². The minimum Gasteiger partial charge on any atom is -0.497 e. The first-order chi connectivity index (χ1) is 11.6. The molecule has 0 bridgehead atoms. The van der Waals surface area contributed by atoms with Gasteiger partial charge in [0.25, 0.3) is 0 Å². The summed E-state index contributed by atoms with van der Waals surface area (Å²) in [5, 5.41) is 10.8. The number of amides is 1. The number of methoxy groups -OCH3 is 1. The van der Waals surface area contributed by atoms with Crippen LogP contribution >= 0.6 is 0 Å². The van der Waals surface area contributed by atoms with E-state index in [0.29, 0.717) is 5.75 Å². The smallest absolute Gasteiger partial charge is 0.241 e. The summed E-state index contributed by atoms with van der Waals surface area (Å²) in [6, 6.07) is 5.69. The number of nitrogens with one attached hydrogen (secondary N) is 2. The molecule has 0 aromatic heterocycles. The number of sulfone groups is 1. The van der Waals surface area contributed by atoms with Gasteiger partial charge in [0, 0.05) is 12.8 Å². The zero-order valence-corrected chi connectivity index (χ0v) is 15.4. The van der Waals surface area contributed by atoms with Crippen LogP contribution in [0, 0.1) is 11.3 Å². The lowest BCUT2D eigenvalue weighted by atomic mass is 10.3. The van der Waals surface area contributed by atoms with Crippen molar-refractivity contribution in [3.63, 3.8) is 0 Å². The van der Waals surface area contributed by atoms with Crippen LogP contribution in [0.25, 0.3) is 0 Å². The molecule has 1 atom stereocenters. The van der Waals surface area contributed by atoms with Crippen LogP contribution in [0.2, 0.25) is 0 Å². The van der Waals surface area contributed by atoms with Gasteiger partial charge in [0.2, 0.25) is 15.9 Å². The Hall–Kier alpha value is -2.16. The second-order valence-electron chi connectivity index (χ2n) is 5.14. The zero-order valence-electron chi connectivity index (χ0n) is 13.7. The van der Waals surface area contributed by atoms with Gasteiger partial charge in [0.1, 0.15) is 21.6 Å². The molecule has 138 valence electrons. The molecule has 0 heterocycles. The van der Waals surface area contributed by atoms with E-state index in [1.807, 2.05) is 6.07 Å². The average molecular weight is 389 g/mol. The van der Waals surface area contributed by atoms with Crippen molar-refractivity contribution >= 4 is 25.8 Å². The van der Waals surface area contributed by atoms with Crippen LogP contribution in [0.3, 0.4) is 0 Å². The summed E-state index contributed by atoms with van der Waals surface area (Å²) in [5.74, 6) is -1.08. The Morgan fingerprint density at radius 3 is 2.32 bits per heavy atom. The first kappa shape index (κ1) is 20.9. The second kappa shape index (κ2) is 8.80. The van der Waals surface area contributed by atoms with Gasteiger partial charge in [-0.15, -0.1) is 0 Å². The zero-order chi connectivity index (χ0) is 19.1. The van der Waals surface area contributed by atoms with Crippen molar-refractivity contribution in [2.24, 2.45) is 0 Å². The van der Waals surface area contributed by atoms with E-state index in [2.05, 4.69) is 10.0 Å². The Morgan fingerprint density at radius 1 is 1.24 bits per heavy atom. The summed E-state index contributed by atoms with van der Waals surface area (Å²) in [4.78, 5) is 11.9. The van der Waals surface area contributed by atoms with E-state index in [1.54, 1.807) is 0 Å². The lowest BCUT2D eigenvalue weighted by Crippen LogP contribution is -2.50. The molecular weight excluding hydrogens is 370 g/mol. The Morgan fingerprint density at radius 2 is 1.84 bits per heavy atom. The summed E-state index contributed by atoms with van der Waals surface area (Å²) < 4.78 is 54.8. The van der Waals surface area contributed by atoms with E-state index >= 15 is 0 Å². The van der Waals surface area contributed by atoms with Crippen molar-refractivity contribution in [1.82, 2.24) is 10.0 Å². The van der Waals surface area contributed by atoms with Crippen LogP contribution in [0.5, 0.6) is 5.75 Å². The second-order valence-corrected chi connectivity index (χ2v) is 9.04. The Labute approximate surface area is 147 Å². The van der Waals surface area contributed by atoms with Crippen LogP contribution in [-0.4, -0.2) is 54.4 Å². The van der Waals surface area contributed by atoms with Crippen LogP contribution in [0.15, 0.2) is 29.2 Å². The maximum absolute atomic E-state index is 12.4. The van der Waals surface area contributed by atoms with E-state index in [-0.39, 0.29) is 17.9 Å². The molecule has 1 rings (SSSR count). The molecule has 25 heavy (non-hydrogen) atoms. The molecule has 1 unspecified atom stereocenters. The summed E-state index contributed by atoms with van der Waals surface area (Å²) in [5.41, 5.74) is 0. The van der Waals surface area contributed by atoms with Gasteiger partial charge in [0.05, 0.1) is 30.2 Å². The molecule has 0 aliphatic rings. The van der Waals surface area contributed by atoms with E-state index < -0.39 is 37.6 Å². The van der Waals surface area contributed by atoms with E-state index in [1.165, 1.54) is 31.4 Å². The van der Waals surface area contributed by atoms with E-state index in [9.17, 15) is 21.6 Å². The Bertz CT molecular complexity index is 842. The molecule has 0 aliphatic carbocycles. The number of ether oxygens (including phenoxy) is 1. The average Bonchev–Trinajstić information content (AvgIpc) is 2.53. The van der Waals surface area contributed by atoms with Crippen molar-refractivity contribution < 1.29 is 26.4 Å². The number of carbonyl (C=O) groups is 1. The Kier molecular flexibility index (Phi) is 7.35. The van der Waals surface area contributed by atoms with Gasteiger partial charge in [0.15, 0.2) is 0 Å². The fourth-order valence-corrected chi connectivity index (χ4v) is 3.98. The SMILES string of the molecule is COc1ccc(S(=O)(=O)NC(CS(C)(=O)=O)C(=O)NCCC#N)cc1. The highest BCUT2D eigenvalue weighted by molar-refractivity contribution is 7.91. The third-order valence-electron chi connectivity index (χ3n) is 2.99. The molecular formula is C14H19N3O6S2. The highest BCUT2D eigenvalue weighted by atomic mass is 32.2. The molecule has 0 radical (unpaired) electrons. The third kappa shape index (κ3) is 7.08. The number of nitrogens with zero attached hydrogens (tertiary/aromatic N) is 1. The van der Waals surface area contributed by atoms with Gasteiger partial charge in [-0.3, -0.25) is 4.79 Å². The number of benzene rings is 1. The molecule has 11 heteroatoms. The van der Waals surface area contributed by atoms with Crippen LogP contribution < -0.4 is 14.8 Å². The standard InChI is InChI=1S/C14H19N3O6S2/c1-23-11-4-6-12(7-5-11)25(21,22)17-13(10-24(2,19)20)14(18)16-9-3-8-15/h4-7,13,17H,3,9-10H2,1-2H3,(H,16,18). The van der Waals surface area contributed by atoms with Crippen molar-refractivity contribution in [1.29, 1.82) is 5.26 Å². The molecule has 0 saturated carbocycles. The number of hydrogen-bond donors (Lipinski definition) is 2. The van der Waals surface area contributed by atoms with Crippen molar-refractivity contribution in [2.45, 2.75) is 17.4 Å². The summed E-state index contributed by atoms with van der Waals surface area (Å²) >= 11 is 0. The van der Waals surface area contributed by atoms with E-state index in [0.717, 1.165) is 6.26 Å².